The van der Waals surface area contributed by atoms with E-state index in [0.29, 0.717) is 5.75 Å². The first-order valence-electron chi connectivity index (χ1n) is 5.22. The van der Waals surface area contributed by atoms with E-state index in [1.165, 1.54) is 18.2 Å². The van der Waals surface area contributed by atoms with Crippen molar-refractivity contribution in [2.45, 2.75) is 11.5 Å². The second-order valence-electron chi connectivity index (χ2n) is 3.80. The largest absolute Gasteiger partial charge is 0.486 e. The Morgan fingerprint density at radius 2 is 2.11 bits per heavy atom. The van der Waals surface area contributed by atoms with E-state index in [-0.39, 0.29) is 16.5 Å². The molecule has 102 valence electrons. The summed E-state index contributed by atoms with van der Waals surface area (Å²) in [6.45, 7) is 0.244. The Balaban J connectivity index is 2.14. The molecule has 0 saturated carbocycles. The molecule has 0 saturated heterocycles. The van der Waals surface area contributed by atoms with E-state index in [1.54, 1.807) is 17.9 Å². The summed E-state index contributed by atoms with van der Waals surface area (Å²) in [6.07, 6.45) is 1.80. The molecule has 5 nitrogen and oxygen atoms in total. The summed E-state index contributed by atoms with van der Waals surface area (Å²) in [5.41, 5.74) is 0.743. The molecular weight excluding hydrogens is 311 g/mol. The van der Waals surface area contributed by atoms with E-state index in [1.807, 2.05) is 6.07 Å². The Kier molecular flexibility index (Phi) is 4.03. The van der Waals surface area contributed by atoms with Crippen molar-refractivity contribution in [3.63, 3.8) is 0 Å². The zero-order chi connectivity index (χ0) is 14.0. The van der Waals surface area contributed by atoms with E-state index >= 15 is 0 Å². The highest BCUT2D eigenvalue weighted by Crippen LogP contribution is 2.29. The Morgan fingerprint density at radius 3 is 2.63 bits per heavy atom. The van der Waals surface area contributed by atoms with Crippen LogP contribution < -0.4 is 4.74 Å². The Hall–Kier alpha value is -1.24. The van der Waals surface area contributed by atoms with Gasteiger partial charge < -0.3 is 4.74 Å². The number of halogens is 2. The van der Waals surface area contributed by atoms with Crippen LogP contribution in [0.4, 0.5) is 0 Å². The third kappa shape index (κ3) is 3.62. The lowest BCUT2D eigenvalue weighted by atomic mass is 10.3. The van der Waals surface area contributed by atoms with Crippen LogP contribution in [0.2, 0.25) is 5.02 Å². The smallest absolute Gasteiger partial charge is 0.261 e. The maximum Gasteiger partial charge on any atom is 0.261 e. The van der Waals surface area contributed by atoms with Crippen LogP contribution in [0.25, 0.3) is 0 Å². The zero-order valence-electron chi connectivity index (χ0n) is 9.88. The number of rotatable bonds is 4. The predicted molar refractivity (Wildman–Crippen MR) is 72.0 cm³/mol. The molecular formula is C11H10Cl2N2O3S. The van der Waals surface area contributed by atoms with Crippen LogP contribution in [-0.2, 0) is 22.7 Å². The predicted octanol–water partition coefficient (Wildman–Crippen LogP) is 2.58. The number of hydrogen-bond donors (Lipinski definition) is 0. The molecule has 0 N–H and O–H groups in total. The summed E-state index contributed by atoms with van der Waals surface area (Å²) in [5, 5.41) is 4.32. The third-order valence-corrected chi connectivity index (χ3v) is 3.98. The fourth-order valence-corrected chi connectivity index (χ4v) is 2.52. The fourth-order valence-electron chi connectivity index (χ4n) is 1.44. The monoisotopic (exact) mass is 320 g/mol. The van der Waals surface area contributed by atoms with Crippen LogP contribution in [0.1, 0.15) is 5.69 Å². The molecule has 0 spiro atoms. The Morgan fingerprint density at radius 1 is 1.37 bits per heavy atom. The van der Waals surface area contributed by atoms with Crippen LogP contribution in [-0.4, -0.2) is 18.2 Å². The molecule has 19 heavy (non-hydrogen) atoms. The summed E-state index contributed by atoms with van der Waals surface area (Å²) in [7, 11) is 3.23. The van der Waals surface area contributed by atoms with Crippen LogP contribution >= 0.6 is 22.3 Å². The first kappa shape index (κ1) is 14.2. The lowest BCUT2D eigenvalue weighted by molar-refractivity contribution is 0.300. The lowest BCUT2D eigenvalue weighted by Gasteiger charge is -2.07. The van der Waals surface area contributed by atoms with Crippen LogP contribution in [0.15, 0.2) is 35.4 Å². The molecule has 0 amide bonds. The molecule has 0 radical (unpaired) electrons. The molecule has 1 aromatic heterocycles. The van der Waals surface area contributed by atoms with Crippen molar-refractivity contribution in [3.05, 3.63) is 41.2 Å². The quantitative estimate of drug-likeness (QED) is 0.812. The molecule has 0 bridgehead atoms. The highest BCUT2D eigenvalue weighted by Gasteiger charge is 2.13. The SMILES string of the molecule is Cn1ccc(COc2ccc(S(=O)(=O)Cl)cc2Cl)n1. The van der Waals surface area contributed by atoms with Gasteiger partial charge >= 0.3 is 0 Å². The molecule has 0 aliphatic rings. The van der Waals surface area contributed by atoms with Gasteiger partial charge in [-0.25, -0.2) is 8.42 Å². The molecule has 0 aliphatic heterocycles. The number of hydrogen-bond acceptors (Lipinski definition) is 4. The van der Waals surface area contributed by atoms with E-state index in [2.05, 4.69) is 5.10 Å². The Labute approximate surface area is 120 Å². The molecule has 0 fully saturated rings. The number of nitrogens with zero attached hydrogens (tertiary/aromatic N) is 2. The van der Waals surface area contributed by atoms with Crippen molar-refractivity contribution in [2.75, 3.05) is 0 Å². The minimum absolute atomic E-state index is 0.0654. The third-order valence-electron chi connectivity index (χ3n) is 2.33. The average Bonchev–Trinajstić information content (AvgIpc) is 2.72. The van der Waals surface area contributed by atoms with Crippen LogP contribution in [0, 0.1) is 0 Å². The minimum atomic E-state index is -3.79. The summed E-state index contributed by atoms with van der Waals surface area (Å²) < 4.78 is 29.4. The van der Waals surface area contributed by atoms with Gasteiger partial charge in [0.25, 0.3) is 9.05 Å². The first-order valence-corrected chi connectivity index (χ1v) is 7.90. The van der Waals surface area contributed by atoms with E-state index < -0.39 is 9.05 Å². The second-order valence-corrected chi connectivity index (χ2v) is 6.77. The maximum absolute atomic E-state index is 11.1. The minimum Gasteiger partial charge on any atom is -0.486 e. The normalized spacial score (nSPS) is 11.5. The topological polar surface area (TPSA) is 61.2 Å². The standard InChI is InChI=1S/C11H10Cl2N2O3S/c1-15-5-4-8(14-15)7-18-11-3-2-9(6-10(11)12)19(13,16)17/h2-6H,7H2,1H3. The molecule has 1 heterocycles. The number of benzene rings is 1. The number of aromatic nitrogens is 2. The van der Waals surface area contributed by atoms with Gasteiger partial charge in [0, 0.05) is 23.9 Å². The fraction of sp³-hybridized carbons (Fsp3) is 0.182. The van der Waals surface area contributed by atoms with Crippen molar-refractivity contribution in [3.8, 4) is 5.75 Å². The van der Waals surface area contributed by atoms with Crippen molar-refractivity contribution in [1.82, 2.24) is 9.78 Å². The zero-order valence-corrected chi connectivity index (χ0v) is 12.2. The molecule has 0 aliphatic carbocycles. The number of ether oxygens (including phenoxy) is 1. The maximum atomic E-state index is 11.1. The second kappa shape index (κ2) is 5.40. The van der Waals surface area contributed by atoms with Gasteiger partial charge in [0.1, 0.15) is 12.4 Å². The lowest BCUT2D eigenvalue weighted by Crippen LogP contribution is -1.99. The summed E-state index contributed by atoms with van der Waals surface area (Å²) in [4.78, 5) is -0.0654. The molecule has 0 unspecified atom stereocenters. The van der Waals surface area contributed by atoms with Gasteiger partial charge in [-0.2, -0.15) is 5.10 Å². The molecule has 0 atom stereocenters. The van der Waals surface area contributed by atoms with Gasteiger partial charge in [-0.3, -0.25) is 4.68 Å². The van der Waals surface area contributed by atoms with Crippen molar-refractivity contribution in [2.24, 2.45) is 7.05 Å². The van der Waals surface area contributed by atoms with Gasteiger partial charge in [0.05, 0.1) is 15.6 Å². The summed E-state index contributed by atoms with van der Waals surface area (Å²) in [5.74, 6) is 0.372. The van der Waals surface area contributed by atoms with Crippen molar-refractivity contribution < 1.29 is 13.2 Å². The number of aryl methyl sites for hydroxylation is 1. The summed E-state index contributed by atoms with van der Waals surface area (Å²) in [6, 6.07) is 5.85. The highest BCUT2D eigenvalue weighted by atomic mass is 35.7. The van der Waals surface area contributed by atoms with Gasteiger partial charge in [-0.05, 0) is 24.3 Å². The molecule has 2 aromatic rings. The van der Waals surface area contributed by atoms with E-state index in [9.17, 15) is 8.42 Å². The van der Waals surface area contributed by atoms with Crippen molar-refractivity contribution >= 4 is 31.3 Å². The van der Waals surface area contributed by atoms with E-state index in [0.717, 1.165) is 5.69 Å². The van der Waals surface area contributed by atoms with E-state index in [4.69, 9.17) is 27.0 Å². The first-order chi connectivity index (χ1) is 8.86. The molecule has 1 aromatic carbocycles. The highest BCUT2D eigenvalue weighted by molar-refractivity contribution is 8.13. The van der Waals surface area contributed by atoms with Crippen molar-refractivity contribution in [1.29, 1.82) is 0 Å². The van der Waals surface area contributed by atoms with Crippen LogP contribution in [0.3, 0.4) is 0 Å². The Bertz CT molecular complexity index is 698. The average molecular weight is 321 g/mol. The van der Waals surface area contributed by atoms with Gasteiger partial charge in [0.15, 0.2) is 0 Å². The molecule has 8 heteroatoms. The summed E-state index contributed by atoms with van der Waals surface area (Å²) >= 11 is 5.93. The van der Waals surface area contributed by atoms with Gasteiger partial charge in [-0.15, -0.1) is 0 Å². The molecule has 2 rings (SSSR count). The van der Waals surface area contributed by atoms with Crippen LogP contribution in [0.5, 0.6) is 5.75 Å². The van der Waals surface area contributed by atoms with Gasteiger partial charge in [0.2, 0.25) is 0 Å². The van der Waals surface area contributed by atoms with Gasteiger partial charge in [-0.1, -0.05) is 11.6 Å².